The van der Waals surface area contributed by atoms with Crippen LogP contribution in [0.3, 0.4) is 0 Å². The van der Waals surface area contributed by atoms with Crippen molar-refractivity contribution in [3.05, 3.63) is 0 Å². The Hall–Kier alpha value is -0.0400. The van der Waals surface area contributed by atoms with Crippen molar-refractivity contribution in [3.8, 4) is 0 Å². The molecule has 1 N–H and O–H groups in total. The molecule has 3 atom stereocenters. The highest BCUT2D eigenvalue weighted by molar-refractivity contribution is 4.97. The highest BCUT2D eigenvalue weighted by Gasteiger charge is 2.40. The minimum Gasteiger partial charge on any atom is -0.309 e. The maximum atomic E-state index is 3.73. The Morgan fingerprint density at radius 2 is 2.00 bits per heavy atom. The molecule has 1 saturated carbocycles. The number of nitrogens with one attached hydrogen (secondary N) is 1. The van der Waals surface area contributed by atoms with E-state index < -0.39 is 0 Å². The summed E-state index contributed by atoms with van der Waals surface area (Å²) in [5.41, 5.74) is 0.394. The standard InChI is InChI=1S/C11H21N/c1-8-10-6-4-5-9(10)7-11(2,3)12-8/h8-10,12H,4-7H2,1-3H3/t8-,9+,10-/m0/s1. The van der Waals surface area contributed by atoms with Crippen molar-refractivity contribution in [2.75, 3.05) is 0 Å². The molecule has 0 spiro atoms. The van der Waals surface area contributed by atoms with Crippen LogP contribution in [0.2, 0.25) is 0 Å². The van der Waals surface area contributed by atoms with E-state index in [9.17, 15) is 0 Å². The van der Waals surface area contributed by atoms with E-state index in [0.717, 1.165) is 17.9 Å². The van der Waals surface area contributed by atoms with Gasteiger partial charge in [-0.25, -0.2) is 0 Å². The van der Waals surface area contributed by atoms with Gasteiger partial charge in [0.1, 0.15) is 0 Å². The molecule has 2 fully saturated rings. The van der Waals surface area contributed by atoms with E-state index in [2.05, 4.69) is 26.1 Å². The molecule has 0 aromatic heterocycles. The maximum Gasteiger partial charge on any atom is 0.0130 e. The van der Waals surface area contributed by atoms with Crippen LogP contribution in [0.4, 0.5) is 0 Å². The molecular weight excluding hydrogens is 146 g/mol. The largest absolute Gasteiger partial charge is 0.309 e. The van der Waals surface area contributed by atoms with Gasteiger partial charge < -0.3 is 5.32 Å². The number of hydrogen-bond donors (Lipinski definition) is 1. The van der Waals surface area contributed by atoms with Crippen molar-refractivity contribution >= 4 is 0 Å². The Morgan fingerprint density at radius 1 is 1.25 bits per heavy atom. The fraction of sp³-hybridized carbons (Fsp3) is 1.00. The molecule has 12 heavy (non-hydrogen) atoms. The lowest BCUT2D eigenvalue weighted by atomic mass is 9.76. The van der Waals surface area contributed by atoms with E-state index in [1.807, 2.05) is 0 Å². The third-order valence-electron chi connectivity index (χ3n) is 3.75. The van der Waals surface area contributed by atoms with Gasteiger partial charge >= 0.3 is 0 Å². The molecule has 0 amide bonds. The predicted octanol–water partition coefficient (Wildman–Crippen LogP) is 2.56. The van der Waals surface area contributed by atoms with Gasteiger partial charge in [-0.1, -0.05) is 12.8 Å². The number of hydrogen-bond acceptors (Lipinski definition) is 1. The summed E-state index contributed by atoms with van der Waals surface area (Å²) in [5.74, 6) is 2.01. The molecule has 1 nitrogen and oxygen atoms in total. The summed E-state index contributed by atoms with van der Waals surface area (Å²) in [7, 11) is 0. The van der Waals surface area contributed by atoms with E-state index >= 15 is 0 Å². The van der Waals surface area contributed by atoms with Gasteiger partial charge in [0.2, 0.25) is 0 Å². The highest BCUT2D eigenvalue weighted by Crippen LogP contribution is 2.42. The second-order valence-corrected chi connectivity index (χ2v) is 5.38. The molecule has 1 saturated heterocycles. The Labute approximate surface area is 75.9 Å². The molecule has 1 aliphatic carbocycles. The van der Waals surface area contributed by atoms with Gasteiger partial charge in [0, 0.05) is 11.6 Å². The van der Waals surface area contributed by atoms with Gasteiger partial charge in [-0.2, -0.15) is 0 Å². The molecule has 0 bridgehead atoms. The van der Waals surface area contributed by atoms with Crippen molar-refractivity contribution in [2.45, 2.75) is 58.0 Å². The third-order valence-corrected chi connectivity index (χ3v) is 3.75. The maximum absolute atomic E-state index is 3.73. The van der Waals surface area contributed by atoms with Crippen molar-refractivity contribution in [2.24, 2.45) is 11.8 Å². The second kappa shape index (κ2) is 2.73. The molecule has 0 unspecified atom stereocenters. The van der Waals surface area contributed by atoms with Gasteiger partial charge in [-0.3, -0.25) is 0 Å². The van der Waals surface area contributed by atoms with Gasteiger partial charge in [-0.05, 0) is 45.4 Å². The van der Waals surface area contributed by atoms with Crippen LogP contribution in [0.5, 0.6) is 0 Å². The van der Waals surface area contributed by atoms with E-state index in [4.69, 9.17) is 0 Å². The summed E-state index contributed by atoms with van der Waals surface area (Å²) < 4.78 is 0. The van der Waals surface area contributed by atoms with Gasteiger partial charge in [0.25, 0.3) is 0 Å². The molecule has 0 aromatic carbocycles. The SMILES string of the molecule is C[C@@H]1NC(C)(C)C[C@H]2CCC[C@H]21. The normalized spacial score (nSPS) is 45.8. The molecule has 2 aliphatic rings. The summed E-state index contributed by atoms with van der Waals surface area (Å²) in [4.78, 5) is 0. The van der Waals surface area contributed by atoms with E-state index in [0.29, 0.717) is 5.54 Å². The summed E-state index contributed by atoms with van der Waals surface area (Å²) >= 11 is 0. The second-order valence-electron chi connectivity index (χ2n) is 5.38. The average molecular weight is 167 g/mol. The zero-order valence-electron chi connectivity index (χ0n) is 8.56. The van der Waals surface area contributed by atoms with Crippen LogP contribution in [0, 0.1) is 11.8 Å². The first-order chi connectivity index (χ1) is 5.58. The average Bonchev–Trinajstić information content (AvgIpc) is 2.31. The van der Waals surface area contributed by atoms with Crippen LogP contribution >= 0.6 is 0 Å². The van der Waals surface area contributed by atoms with E-state index in [1.165, 1.54) is 25.7 Å². The minimum atomic E-state index is 0.394. The van der Waals surface area contributed by atoms with Crippen LogP contribution in [-0.2, 0) is 0 Å². The number of rotatable bonds is 0. The summed E-state index contributed by atoms with van der Waals surface area (Å²) in [6, 6.07) is 0.751. The highest BCUT2D eigenvalue weighted by atomic mass is 15.0. The molecule has 1 aliphatic heterocycles. The molecular formula is C11H21N. The zero-order valence-corrected chi connectivity index (χ0v) is 8.56. The lowest BCUT2D eigenvalue weighted by Gasteiger charge is -2.43. The van der Waals surface area contributed by atoms with E-state index in [1.54, 1.807) is 0 Å². The Bertz CT molecular complexity index is 174. The first-order valence-corrected chi connectivity index (χ1v) is 5.36. The molecule has 70 valence electrons. The quantitative estimate of drug-likeness (QED) is 0.584. The minimum absolute atomic E-state index is 0.394. The van der Waals surface area contributed by atoms with Crippen molar-refractivity contribution in [1.29, 1.82) is 0 Å². The molecule has 0 radical (unpaired) electrons. The van der Waals surface area contributed by atoms with Crippen molar-refractivity contribution in [1.82, 2.24) is 5.32 Å². The summed E-state index contributed by atoms with van der Waals surface area (Å²) in [6.07, 6.45) is 5.81. The van der Waals surface area contributed by atoms with Gasteiger partial charge in [0.05, 0.1) is 0 Å². The lowest BCUT2D eigenvalue weighted by Crippen LogP contribution is -2.54. The molecule has 1 heterocycles. The predicted molar refractivity (Wildman–Crippen MR) is 52.1 cm³/mol. The number of fused-ring (bicyclic) bond motifs is 1. The lowest BCUT2D eigenvalue weighted by molar-refractivity contribution is 0.137. The van der Waals surface area contributed by atoms with Crippen LogP contribution < -0.4 is 5.32 Å². The van der Waals surface area contributed by atoms with Crippen LogP contribution in [0.15, 0.2) is 0 Å². The fourth-order valence-electron chi connectivity index (χ4n) is 3.41. The Balaban J connectivity index is 2.10. The Morgan fingerprint density at radius 3 is 2.75 bits per heavy atom. The fourth-order valence-corrected chi connectivity index (χ4v) is 3.41. The first-order valence-electron chi connectivity index (χ1n) is 5.36. The summed E-state index contributed by atoms with van der Waals surface area (Å²) in [6.45, 7) is 7.06. The topological polar surface area (TPSA) is 12.0 Å². The van der Waals surface area contributed by atoms with Crippen LogP contribution in [0.25, 0.3) is 0 Å². The molecule has 2 rings (SSSR count). The van der Waals surface area contributed by atoms with E-state index in [-0.39, 0.29) is 0 Å². The number of piperidine rings is 1. The van der Waals surface area contributed by atoms with Gasteiger partial charge in [-0.15, -0.1) is 0 Å². The van der Waals surface area contributed by atoms with Crippen molar-refractivity contribution < 1.29 is 0 Å². The Kier molecular flexibility index (Phi) is 1.95. The zero-order chi connectivity index (χ0) is 8.77. The molecule has 1 heteroatoms. The van der Waals surface area contributed by atoms with Crippen LogP contribution in [-0.4, -0.2) is 11.6 Å². The van der Waals surface area contributed by atoms with Gasteiger partial charge in [0.15, 0.2) is 0 Å². The summed E-state index contributed by atoms with van der Waals surface area (Å²) in [5, 5.41) is 3.73. The van der Waals surface area contributed by atoms with Crippen molar-refractivity contribution in [3.63, 3.8) is 0 Å². The molecule has 0 aromatic rings. The van der Waals surface area contributed by atoms with Crippen LogP contribution in [0.1, 0.15) is 46.5 Å². The third kappa shape index (κ3) is 1.39. The monoisotopic (exact) mass is 167 g/mol. The first kappa shape index (κ1) is 8.55. The smallest absolute Gasteiger partial charge is 0.0130 e.